The van der Waals surface area contributed by atoms with E-state index in [9.17, 15) is 4.79 Å². The molecule has 0 saturated carbocycles. The molecule has 100 valence electrons. The van der Waals surface area contributed by atoms with Gasteiger partial charge in [0.2, 0.25) is 0 Å². The second kappa shape index (κ2) is 5.61. The van der Waals surface area contributed by atoms with Gasteiger partial charge in [0.25, 0.3) is 0 Å². The van der Waals surface area contributed by atoms with Crippen molar-refractivity contribution in [3.63, 3.8) is 0 Å². The van der Waals surface area contributed by atoms with Gasteiger partial charge in [-0.25, -0.2) is 0 Å². The number of nitrogens with one attached hydrogen (secondary N) is 1. The first kappa shape index (κ1) is 14.8. The predicted molar refractivity (Wildman–Crippen MR) is 70.8 cm³/mol. The summed E-state index contributed by atoms with van der Waals surface area (Å²) in [6.07, 6.45) is -0.00410. The van der Waals surface area contributed by atoms with E-state index < -0.39 is 8.32 Å². The van der Waals surface area contributed by atoms with Crippen LogP contribution in [0.25, 0.3) is 0 Å². The first-order valence-corrected chi connectivity index (χ1v) is 9.11. The van der Waals surface area contributed by atoms with Gasteiger partial charge in [0.05, 0.1) is 19.3 Å². The van der Waals surface area contributed by atoms with Crippen molar-refractivity contribution >= 4 is 14.1 Å². The number of hydrogen-bond donors (Lipinski definition) is 1. The number of ether oxygens (including phenoxy) is 1. The van der Waals surface area contributed by atoms with E-state index in [-0.39, 0.29) is 23.5 Å². The highest BCUT2D eigenvalue weighted by atomic mass is 28.4. The van der Waals surface area contributed by atoms with Crippen LogP contribution in [0.1, 0.15) is 20.8 Å². The molecule has 0 aromatic rings. The van der Waals surface area contributed by atoms with Crippen LogP contribution in [0, 0.1) is 0 Å². The van der Waals surface area contributed by atoms with E-state index in [1.54, 1.807) is 0 Å². The molecule has 5 heteroatoms. The molecule has 1 heterocycles. The van der Waals surface area contributed by atoms with Crippen LogP contribution in [0.5, 0.6) is 0 Å². The average Bonchev–Trinajstić information content (AvgIpc) is 2.38. The van der Waals surface area contributed by atoms with Crippen LogP contribution in [-0.4, -0.2) is 46.5 Å². The molecule has 1 atom stereocenters. The third-order valence-corrected chi connectivity index (χ3v) is 8.11. The molecule has 1 aliphatic heterocycles. The van der Waals surface area contributed by atoms with E-state index in [2.05, 4.69) is 39.2 Å². The number of carbonyl (C=O) groups excluding carboxylic acids is 1. The first-order valence-electron chi connectivity index (χ1n) is 6.20. The Bertz CT molecular complexity index is 273. The fraction of sp³-hybridized carbons (Fsp3) is 0.917. The predicted octanol–water partition coefficient (Wildman–Crippen LogP) is 1.57. The number of ketones is 1. The van der Waals surface area contributed by atoms with Crippen molar-refractivity contribution in [1.82, 2.24) is 5.32 Å². The molecule has 1 rings (SSSR count). The van der Waals surface area contributed by atoms with Gasteiger partial charge in [0.15, 0.2) is 14.1 Å². The smallest absolute Gasteiger partial charge is 0.192 e. The third-order valence-electron chi connectivity index (χ3n) is 3.61. The maximum absolute atomic E-state index is 11.2. The van der Waals surface area contributed by atoms with Crippen molar-refractivity contribution < 1.29 is 14.0 Å². The molecule has 0 aliphatic carbocycles. The van der Waals surface area contributed by atoms with Crippen molar-refractivity contribution in [2.75, 3.05) is 26.3 Å². The highest BCUT2D eigenvalue weighted by molar-refractivity contribution is 6.74. The van der Waals surface area contributed by atoms with Gasteiger partial charge in [0.1, 0.15) is 6.61 Å². The Morgan fingerprint density at radius 1 is 1.47 bits per heavy atom. The molecule has 0 aromatic carbocycles. The highest BCUT2D eigenvalue weighted by Gasteiger charge is 2.37. The van der Waals surface area contributed by atoms with Gasteiger partial charge >= 0.3 is 0 Å². The quantitative estimate of drug-likeness (QED) is 0.782. The average molecular weight is 259 g/mol. The lowest BCUT2D eigenvalue weighted by Crippen LogP contribution is -2.44. The zero-order chi connectivity index (χ0) is 13.1. The van der Waals surface area contributed by atoms with Gasteiger partial charge in [0, 0.05) is 6.54 Å². The van der Waals surface area contributed by atoms with Gasteiger partial charge in [-0.15, -0.1) is 0 Å². The molecule has 17 heavy (non-hydrogen) atoms. The molecule has 1 N–H and O–H groups in total. The summed E-state index contributed by atoms with van der Waals surface area (Å²) in [6, 6.07) is 0. The molecule has 0 amide bonds. The number of carbonyl (C=O) groups is 1. The molecule has 4 nitrogen and oxygen atoms in total. The fourth-order valence-electron chi connectivity index (χ4n) is 1.32. The molecule has 0 radical (unpaired) electrons. The maximum Gasteiger partial charge on any atom is 0.192 e. The third kappa shape index (κ3) is 4.50. The molecule has 1 fully saturated rings. The van der Waals surface area contributed by atoms with Gasteiger partial charge in [-0.3, -0.25) is 4.79 Å². The standard InChI is InChI=1S/C12H25NO3Si/c1-12(2,3)17(4,5)16-9-11-7-13-6-10(14)8-15-11/h11,13H,6-9H2,1-5H3/t11-/m0/s1. The monoisotopic (exact) mass is 259 g/mol. The first-order chi connectivity index (χ1) is 7.72. The molecule has 0 unspecified atom stereocenters. The summed E-state index contributed by atoms with van der Waals surface area (Å²) in [5.74, 6) is 0.111. The lowest BCUT2D eigenvalue weighted by Gasteiger charge is -2.37. The Balaban J connectivity index is 2.42. The zero-order valence-corrected chi connectivity index (χ0v) is 12.6. The molecule has 0 spiro atoms. The summed E-state index contributed by atoms with van der Waals surface area (Å²) in [5.41, 5.74) is 0. The van der Waals surface area contributed by atoms with E-state index in [4.69, 9.17) is 9.16 Å². The van der Waals surface area contributed by atoms with Crippen LogP contribution in [0.3, 0.4) is 0 Å². The molecular formula is C12H25NO3Si. The van der Waals surface area contributed by atoms with Crippen molar-refractivity contribution in [1.29, 1.82) is 0 Å². The minimum Gasteiger partial charge on any atom is -0.414 e. The van der Waals surface area contributed by atoms with Crippen LogP contribution >= 0.6 is 0 Å². The van der Waals surface area contributed by atoms with E-state index in [1.807, 2.05) is 0 Å². The van der Waals surface area contributed by atoms with Crippen LogP contribution < -0.4 is 5.32 Å². The largest absolute Gasteiger partial charge is 0.414 e. The summed E-state index contributed by atoms with van der Waals surface area (Å²) >= 11 is 0. The van der Waals surface area contributed by atoms with Gasteiger partial charge < -0.3 is 14.5 Å². The Labute approximate surface area is 105 Å². The second-order valence-corrected chi connectivity index (χ2v) is 11.0. The normalized spacial score (nSPS) is 23.6. The number of Topliss-reactive ketones (excluding diaryl/α,β-unsaturated/α-hetero) is 1. The molecule has 0 bridgehead atoms. The second-order valence-electron chi connectivity index (χ2n) is 6.17. The maximum atomic E-state index is 11.2. The van der Waals surface area contributed by atoms with Crippen LogP contribution in [0.15, 0.2) is 0 Å². The Hall–Kier alpha value is -0.233. The fourth-order valence-corrected chi connectivity index (χ4v) is 2.35. The summed E-state index contributed by atoms with van der Waals surface area (Å²) < 4.78 is 11.6. The molecule has 0 aromatic heterocycles. The van der Waals surface area contributed by atoms with Crippen molar-refractivity contribution in [2.45, 2.75) is 45.0 Å². The Kier molecular flexibility index (Phi) is 4.89. The van der Waals surface area contributed by atoms with Crippen molar-refractivity contribution in [2.24, 2.45) is 0 Å². The lowest BCUT2D eigenvalue weighted by atomic mass is 10.2. The number of hydrogen-bond acceptors (Lipinski definition) is 4. The van der Waals surface area contributed by atoms with E-state index in [0.29, 0.717) is 19.7 Å². The minimum atomic E-state index is -1.72. The zero-order valence-electron chi connectivity index (χ0n) is 11.6. The topological polar surface area (TPSA) is 47.6 Å². The summed E-state index contributed by atoms with van der Waals surface area (Å²) in [6.45, 7) is 13.0. The van der Waals surface area contributed by atoms with Gasteiger partial charge in [-0.2, -0.15) is 0 Å². The van der Waals surface area contributed by atoms with Crippen molar-refractivity contribution in [3.05, 3.63) is 0 Å². The van der Waals surface area contributed by atoms with Crippen LogP contribution in [0.4, 0.5) is 0 Å². The van der Waals surface area contributed by atoms with Gasteiger partial charge in [-0.1, -0.05) is 20.8 Å². The molecule has 1 saturated heterocycles. The summed E-state index contributed by atoms with van der Waals surface area (Å²) in [4.78, 5) is 11.2. The SMILES string of the molecule is CC(C)(C)[Si](C)(C)OC[C@@H]1CNCC(=O)CO1. The van der Waals surface area contributed by atoms with E-state index in [0.717, 1.165) is 0 Å². The highest BCUT2D eigenvalue weighted by Crippen LogP contribution is 2.36. The summed E-state index contributed by atoms with van der Waals surface area (Å²) in [7, 11) is -1.72. The minimum absolute atomic E-state index is 0.00410. The molecular weight excluding hydrogens is 234 g/mol. The molecule has 1 aliphatic rings. The van der Waals surface area contributed by atoms with Gasteiger partial charge in [-0.05, 0) is 18.1 Å². The summed E-state index contributed by atoms with van der Waals surface area (Å²) in [5, 5.41) is 3.29. The lowest BCUT2D eigenvalue weighted by molar-refractivity contribution is -0.123. The van der Waals surface area contributed by atoms with Crippen LogP contribution in [0.2, 0.25) is 18.1 Å². The van der Waals surface area contributed by atoms with E-state index >= 15 is 0 Å². The van der Waals surface area contributed by atoms with Crippen molar-refractivity contribution in [3.8, 4) is 0 Å². The van der Waals surface area contributed by atoms with Crippen LogP contribution in [-0.2, 0) is 14.0 Å². The Morgan fingerprint density at radius 2 is 2.12 bits per heavy atom. The number of rotatable bonds is 3. The van der Waals surface area contributed by atoms with E-state index in [1.165, 1.54) is 0 Å². The Morgan fingerprint density at radius 3 is 2.71 bits per heavy atom.